The summed E-state index contributed by atoms with van der Waals surface area (Å²) < 4.78 is 5.18. The van der Waals surface area contributed by atoms with E-state index in [1.165, 1.54) is 0 Å². The maximum absolute atomic E-state index is 11.3. The Bertz CT molecular complexity index is 476. The number of nitrogens with zero attached hydrogens (tertiary/aromatic N) is 1. The van der Waals surface area contributed by atoms with Gasteiger partial charge in [-0.15, -0.1) is 0 Å². The molecule has 2 N–H and O–H groups in total. The highest BCUT2D eigenvalue weighted by molar-refractivity contribution is 5.94. The molecule has 20 heavy (non-hydrogen) atoms. The van der Waals surface area contributed by atoms with Gasteiger partial charge in [0.05, 0.1) is 18.4 Å². The second-order valence-corrected chi connectivity index (χ2v) is 5.09. The molecule has 1 aliphatic heterocycles. The van der Waals surface area contributed by atoms with E-state index in [0.29, 0.717) is 17.0 Å². The van der Waals surface area contributed by atoms with E-state index in [1.54, 1.807) is 25.3 Å². The van der Waals surface area contributed by atoms with Gasteiger partial charge >= 0.3 is 5.97 Å². The third kappa shape index (κ3) is 3.42. The number of anilines is 1. The van der Waals surface area contributed by atoms with Gasteiger partial charge in [0.1, 0.15) is 5.75 Å². The van der Waals surface area contributed by atoms with Gasteiger partial charge < -0.3 is 20.1 Å². The van der Waals surface area contributed by atoms with Gasteiger partial charge in [0.15, 0.2) is 0 Å². The number of benzene rings is 1. The fraction of sp³-hybridized carbons (Fsp3) is 0.533. The van der Waals surface area contributed by atoms with Crippen molar-refractivity contribution in [2.75, 3.05) is 32.1 Å². The van der Waals surface area contributed by atoms with Crippen LogP contribution in [0.2, 0.25) is 0 Å². The molecular weight excluding hydrogens is 256 g/mol. The minimum absolute atomic E-state index is 0.286. The lowest BCUT2D eigenvalue weighted by Gasteiger charge is -2.33. The number of aromatic carboxylic acids is 1. The molecular formula is C15H22N2O3. The first-order chi connectivity index (χ1) is 9.63. The van der Waals surface area contributed by atoms with Crippen molar-refractivity contribution in [2.24, 2.45) is 0 Å². The first-order valence-electron chi connectivity index (χ1n) is 7.04. The van der Waals surface area contributed by atoms with Crippen LogP contribution in [0.15, 0.2) is 18.2 Å². The van der Waals surface area contributed by atoms with Crippen LogP contribution in [-0.4, -0.2) is 48.8 Å². The summed E-state index contributed by atoms with van der Waals surface area (Å²) in [4.78, 5) is 13.7. The van der Waals surface area contributed by atoms with E-state index in [1.807, 2.05) is 0 Å². The molecule has 0 aliphatic carbocycles. The molecule has 0 saturated carbocycles. The fourth-order valence-electron chi connectivity index (χ4n) is 2.64. The summed E-state index contributed by atoms with van der Waals surface area (Å²) in [5.41, 5.74) is 0.930. The van der Waals surface area contributed by atoms with E-state index in [-0.39, 0.29) is 6.04 Å². The number of rotatable bonds is 5. The number of ether oxygens (including phenoxy) is 1. The van der Waals surface area contributed by atoms with Gasteiger partial charge in [0, 0.05) is 18.7 Å². The molecule has 0 amide bonds. The molecule has 1 aliphatic rings. The van der Waals surface area contributed by atoms with Gasteiger partial charge in [0.2, 0.25) is 0 Å². The first kappa shape index (κ1) is 14.7. The zero-order valence-corrected chi connectivity index (χ0v) is 12.1. The van der Waals surface area contributed by atoms with E-state index in [2.05, 4.69) is 17.1 Å². The molecule has 110 valence electrons. The van der Waals surface area contributed by atoms with Gasteiger partial charge in [-0.1, -0.05) is 6.92 Å². The summed E-state index contributed by atoms with van der Waals surface area (Å²) in [6.45, 7) is 5.25. The van der Waals surface area contributed by atoms with Crippen LogP contribution in [0.1, 0.15) is 30.1 Å². The predicted molar refractivity (Wildman–Crippen MR) is 78.7 cm³/mol. The summed E-state index contributed by atoms with van der Waals surface area (Å²) in [6, 6.07) is 5.31. The topological polar surface area (TPSA) is 61.8 Å². The first-order valence-corrected chi connectivity index (χ1v) is 7.04. The van der Waals surface area contributed by atoms with Gasteiger partial charge in [0.25, 0.3) is 0 Å². The smallest absolute Gasteiger partial charge is 0.337 e. The molecule has 1 aromatic rings. The molecule has 0 aromatic heterocycles. The summed E-state index contributed by atoms with van der Waals surface area (Å²) in [7, 11) is 1.58. The summed E-state index contributed by atoms with van der Waals surface area (Å²) >= 11 is 0. The van der Waals surface area contributed by atoms with E-state index < -0.39 is 5.97 Å². The Kier molecular flexibility index (Phi) is 4.84. The average molecular weight is 278 g/mol. The van der Waals surface area contributed by atoms with Crippen molar-refractivity contribution >= 4 is 11.7 Å². The Hall–Kier alpha value is -1.75. The van der Waals surface area contributed by atoms with Crippen molar-refractivity contribution in [3.63, 3.8) is 0 Å². The Morgan fingerprint density at radius 2 is 2.35 bits per heavy atom. The zero-order chi connectivity index (χ0) is 14.5. The average Bonchev–Trinajstić information content (AvgIpc) is 2.47. The Labute approximate surface area is 119 Å². The second-order valence-electron chi connectivity index (χ2n) is 5.09. The lowest BCUT2D eigenvalue weighted by molar-refractivity contribution is 0.0698. The van der Waals surface area contributed by atoms with E-state index >= 15 is 0 Å². The van der Waals surface area contributed by atoms with Crippen LogP contribution in [0.25, 0.3) is 0 Å². The maximum atomic E-state index is 11.3. The molecule has 1 saturated heterocycles. The number of hydrogen-bond acceptors (Lipinski definition) is 4. The fourth-order valence-corrected chi connectivity index (χ4v) is 2.64. The Balaban J connectivity index is 2.16. The molecule has 5 nitrogen and oxygen atoms in total. The summed E-state index contributed by atoms with van der Waals surface area (Å²) in [5.74, 6) is -0.251. The van der Waals surface area contributed by atoms with Gasteiger partial charge in [-0.05, 0) is 38.1 Å². The highest BCUT2D eigenvalue weighted by atomic mass is 16.5. The number of nitrogens with one attached hydrogen (secondary N) is 1. The Morgan fingerprint density at radius 3 is 3.00 bits per heavy atom. The normalized spacial score (nSPS) is 19.6. The largest absolute Gasteiger partial charge is 0.497 e. The molecule has 1 aromatic carbocycles. The van der Waals surface area contributed by atoms with Crippen molar-refractivity contribution in [3.05, 3.63) is 23.8 Å². The number of piperidine rings is 1. The van der Waals surface area contributed by atoms with Crippen molar-refractivity contribution in [3.8, 4) is 5.75 Å². The standard InChI is InChI=1S/C15H22N2O3/c1-3-17-8-4-5-11(10-17)16-14-9-12(20-2)6-7-13(14)15(18)19/h6-7,9,11,16H,3-5,8,10H2,1-2H3,(H,18,19). The van der Waals surface area contributed by atoms with Crippen LogP contribution in [0.4, 0.5) is 5.69 Å². The number of hydrogen-bond donors (Lipinski definition) is 2. The number of methoxy groups -OCH3 is 1. The monoisotopic (exact) mass is 278 g/mol. The SMILES string of the molecule is CCN1CCCC(Nc2cc(OC)ccc2C(=O)O)C1. The number of carboxylic acids is 1. The highest BCUT2D eigenvalue weighted by Crippen LogP contribution is 2.25. The lowest BCUT2D eigenvalue weighted by atomic mass is 10.0. The van der Waals surface area contributed by atoms with Crippen molar-refractivity contribution in [2.45, 2.75) is 25.8 Å². The van der Waals surface area contributed by atoms with Crippen molar-refractivity contribution < 1.29 is 14.6 Å². The maximum Gasteiger partial charge on any atom is 0.337 e. The zero-order valence-electron chi connectivity index (χ0n) is 12.1. The van der Waals surface area contributed by atoms with Crippen LogP contribution >= 0.6 is 0 Å². The number of carboxylic acid groups (broad SMARTS) is 1. The van der Waals surface area contributed by atoms with Gasteiger partial charge in [-0.3, -0.25) is 0 Å². The summed E-state index contributed by atoms with van der Waals surface area (Å²) in [5, 5.41) is 12.6. The molecule has 0 radical (unpaired) electrons. The molecule has 2 rings (SSSR count). The van der Waals surface area contributed by atoms with Crippen LogP contribution in [0.5, 0.6) is 5.75 Å². The molecule has 5 heteroatoms. The van der Waals surface area contributed by atoms with Gasteiger partial charge in [-0.2, -0.15) is 0 Å². The lowest BCUT2D eigenvalue weighted by Crippen LogP contribution is -2.42. The van der Waals surface area contributed by atoms with Crippen molar-refractivity contribution in [1.82, 2.24) is 4.90 Å². The Morgan fingerprint density at radius 1 is 1.55 bits per heavy atom. The third-order valence-electron chi connectivity index (χ3n) is 3.77. The predicted octanol–water partition coefficient (Wildman–Crippen LogP) is 2.29. The van der Waals surface area contributed by atoms with Crippen LogP contribution in [0.3, 0.4) is 0 Å². The van der Waals surface area contributed by atoms with Crippen LogP contribution < -0.4 is 10.1 Å². The quantitative estimate of drug-likeness (QED) is 0.865. The van der Waals surface area contributed by atoms with Crippen LogP contribution in [0, 0.1) is 0 Å². The molecule has 0 spiro atoms. The highest BCUT2D eigenvalue weighted by Gasteiger charge is 2.20. The van der Waals surface area contributed by atoms with Crippen LogP contribution in [-0.2, 0) is 0 Å². The number of likely N-dealkylation sites (N-methyl/N-ethyl adjacent to an activating group) is 1. The third-order valence-corrected chi connectivity index (χ3v) is 3.77. The molecule has 1 fully saturated rings. The molecule has 1 unspecified atom stereocenters. The molecule has 1 heterocycles. The van der Waals surface area contributed by atoms with Gasteiger partial charge in [-0.25, -0.2) is 4.79 Å². The van der Waals surface area contributed by atoms with Crippen molar-refractivity contribution in [1.29, 1.82) is 0 Å². The van der Waals surface area contributed by atoms with E-state index in [0.717, 1.165) is 32.5 Å². The summed E-state index contributed by atoms with van der Waals surface area (Å²) in [6.07, 6.45) is 2.20. The number of likely N-dealkylation sites (tertiary alicyclic amines) is 1. The molecule has 0 bridgehead atoms. The molecule has 1 atom stereocenters. The second kappa shape index (κ2) is 6.61. The van der Waals surface area contributed by atoms with E-state index in [4.69, 9.17) is 4.74 Å². The van der Waals surface area contributed by atoms with E-state index in [9.17, 15) is 9.90 Å². The minimum Gasteiger partial charge on any atom is -0.497 e. The number of carbonyl (C=O) groups is 1. The minimum atomic E-state index is -0.918.